The largest absolute Gasteiger partial charge is 1.00 e. The summed E-state index contributed by atoms with van der Waals surface area (Å²) in [6.07, 6.45) is 13.8. The van der Waals surface area contributed by atoms with Gasteiger partial charge in [-0.05, 0) is 25.2 Å². The van der Waals surface area contributed by atoms with Gasteiger partial charge in [0, 0.05) is 0 Å². The summed E-state index contributed by atoms with van der Waals surface area (Å²) in [6.45, 7) is 9.86. The van der Waals surface area contributed by atoms with E-state index in [0.29, 0.717) is 5.92 Å². The lowest BCUT2D eigenvalue weighted by Crippen LogP contribution is -3.00. The molecule has 0 N–H and O–H groups in total. The quantitative estimate of drug-likeness (QED) is 0.254. The second kappa shape index (κ2) is 16.1. The molecule has 0 aliphatic heterocycles. The molecule has 0 amide bonds. The number of unbranched alkanes of at least 4 members (excludes halogenated alkanes) is 7. The van der Waals surface area contributed by atoms with Gasteiger partial charge >= 0.3 is 0 Å². The Morgan fingerprint density at radius 2 is 1.36 bits per heavy atom. The van der Waals surface area contributed by atoms with Crippen molar-refractivity contribution in [2.24, 2.45) is 5.92 Å². The van der Waals surface area contributed by atoms with Gasteiger partial charge in [-0.15, -0.1) is 0 Å². The molecule has 0 aliphatic carbocycles. The third-order valence-corrected chi connectivity index (χ3v) is 4.24. The lowest BCUT2D eigenvalue weighted by Gasteiger charge is -2.29. The summed E-state index contributed by atoms with van der Waals surface area (Å²) in [5.74, 6) is 0.707. The zero-order valence-electron chi connectivity index (χ0n) is 16.0. The van der Waals surface area contributed by atoms with Crippen LogP contribution in [0.3, 0.4) is 0 Å². The monoisotopic (exact) mass is 335 g/mol. The van der Waals surface area contributed by atoms with Gasteiger partial charge in [-0.25, -0.2) is 0 Å². The Morgan fingerprint density at radius 1 is 0.818 bits per heavy atom. The van der Waals surface area contributed by atoms with Crippen molar-refractivity contribution in [2.75, 3.05) is 34.0 Å². The van der Waals surface area contributed by atoms with Crippen molar-refractivity contribution in [3.05, 3.63) is 0 Å². The fourth-order valence-corrected chi connectivity index (χ4v) is 2.82. The zero-order valence-corrected chi connectivity index (χ0v) is 16.8. The molecular weight excluding hydrogens is 294 g/mol. The number of hydrogen-bond donors (Lipinski definition) is 0. The van der Waals surface area contributed by atoms with Crippen LogP contribution < -0.4 is 12.4 Å². The highest BCUT2D eigenvalue weighted by atomic mass is 35.5. The first-order chi connectivity index (χ1) is 10.0. The van der Waals surface area contributed by atoms with Crippen LogP contribution in [0.25, 0.3) is 0 Å². The fraction of sp³-hybridized carbons (Fsp3) is 1.00. The minimum absolute atomic E-state index is 0. The second-order valence-corrected chi connectivity index (χ2v) is 7.53. The lowest BCUT2D eigenvalue weighted by molar-refractivity contribution is -0.910. The van der Waals surface area contributed by atoms with Crippen molar-refractivity contribution in [1.82, 2.24) is 0 Å². The van der Waals surface area contributed by atoms with Crippen LogP contribution in [0.15, 0.2) is 0 Å². The van der Waals surface area contributed by atoms with E-state index in [-0.39, 0.29) is 12.4 Å². The molecule has 0 radical (unpaired) electrons. The van der Waals surface area contributed by atoms with Crippen LogP contribution in [0.1, 0.15) is 85.0 Å². The van der Waals surface area contributed by atoms with Gasteiger partial charge in [-0.3, -0.25) is 0 Å². The van der Waals surface area contributed by atoms with Gasteiger partial charge in [0.2, 0.25) is 0 Å². The van der Waals surface area contributed by atoms with Crippen LogP contribution in [0, 0.1) is 5.92 Å². The van der Waals surface area contributed by atoms with E-state index in [1.165, 1.54) is 70.8 Å². The maximum atomic E-state index is 5.91. The predicted molar refractivity (Wildman–Crippen MR) is 94.5 cm³/mol. The number of rotatable bonds is 15. The molecule has 0 spiro atoms. The predicted octanol–water partition coefficient (Wildman–Crippen LogP) is 2.62. The Hall–Kier alpha value is 0.210. The summed E-state index contributed by atoms with van der Waals surface area (Å²) in [6, 6.07) is 0. The molecule has 1 unspecified atom stereocenters. The van der Waals surface area contributed by atoms with Gasteiger partial charge in [0.1, 0.15) is 0 Å². The number of hydrogen-bond acceptors (Lipinski definition) is 1. The smallest absolute Gasteiger partial charge is 0.182 e. The molecule has 0 rings (SSSR count). The maximum Gasteiger partial charge on any atom is 0.182 e. The summed E-state index contributed by atoms with van der Waals surface area (Å²) in [4.78, 5) is 0. The van der Waals surface area contributed by atoms with Crippen LogP contribution in [0.2, 0.25) is 0 Å². The molecule has 136 valence electrons. The van der Waals surface area contributed by atoms with E-state index < -0.39 is 0 Å². The Labute approximate surface area is 147 Å². The first kappa shape index (κ1) is 24.5. The molecule has 0 saturated carbocycles. The van der Waals surface area contributed by atoms with Crippen molar-refractivity contribution in [2.45, 2.75) is 85.0 Å². The molecule has 0 heterocycles. The Bertz CT molecular complexity index is 221. The molecule has 0 saturated heterocycles. The molecule has 22 heavy (non-hydrogen) atoms. The second-order valence-electron chi connectivity index (χ2n) is 7.53. The highest BCUT2D eigenvalue weighted by molar-refractivity contribution is 4.49. The van der Waals surface area contributed by atoms with Crippen molar-refractivity contribution >= 4 is 0 Å². The summed E-state index contributed by atoms with van der Waals surface area (Å²) in [5.41, 5.74) is 0. The minimum Gasteiger partial charge on any atom is -1.00 e. The van der Waals surface area contributed by atoms with Crippen LogP contribution in [0.4, 0.5) is 0 Å². The van der Waals surface area contributed by atoms with E-state index in [1.807, 2.05) is 0 Å². The third kappa shape index (κ3) is 16.6. The summed E-state index contributed by atoms with van der Waals surface area (Å²) in [7, 11) is 4.59. The average molecular weight is 336 g/mol. The maximum absolute atomic E-state index is 5.91. The van der Waals surface area contributed by atoms with E-state index in [1.54, 1.807) is 0 Å². The molecule has 0 bridgehead atoms. The highest BCUT2D eigenvalue weighted by Crippen LogP contribution is 2.11. The minimum atomic E-state index is 0. The number of halogens is 1. The summed E-state index contributed by atoms with van der Waals surface area (Å²) < 4.78 is 6.92. The van der Waals surface area contributed by atoms with Crippen molar-refractivity contribution in [1.29, 1.82) is 0 Å². The summed E-state index contributed by atoms with van der Waals surface area (Å²) in [5, 5.41) is 0. The molecule has 1 atom stereocenters. The lowest BCUT2D eigenvalue weighted by atomic mass is 10.1. The van der Waals surface area contributed by atoms with Crippen LogP contribution in [0.5, 0.6) is 0 Å². The van der Waals surface area contributed by atoms with Gasteiger partial charge < -0.3 is 21.6 Å². The highest BCUT2D eigenvalue weighted by Gasteiger charge is 2.15. The Balaban J connectivity index is 0. The van der Waals surface area contributed by atoms with Gasteiger partial charge in [0.15, 0.2) is 6.73 Å². The Kier molecular flexibility index (Phi) is 17.9. The molecular formula is C19H42ClNO. The molecule has 0 fully saturated rings. The van der Waals surface area contributed by atoms with Crippen LogP contribution in [-0.4, -0.2) is 38.5 Å². The van der Waals surface area contributed by atoms with Gasteiger partial charge in [0.05, 0.1) is 27.2 Å². The first-order valence-corrected chi connectivity index (χ1v) is 9.41. The number of ether oxygens (including phenoxy) is 1. The van der Waals surface area contributed by atoms with E-state index >= 15 is 0 Å². The molecule has 3 heteroatoms. The molecule has 0 aliphatic rings. The van der Waals surface area contributed by atoms with Crippen LogP contribution in [-0.2, 0) is 4.74 Å². The van der Waals surface area contributed by atoms with Gasteiger partial charge in [0.25, 0.3) is 0 Å². The summed E-state index contributed by atoms with van der Waals surface area (Å²) >= 11 is 0. The third-order valence-electron chi connectivity index (χ3n) is 4.24. The van der Waals surface area contributed by atoms with E-state index in [0.717, 1.165) is 17.8 Å². The van der Waals surface area contributed by atoms with Crippen molar-refractivity contribution in [3.63, 3.8) is 0 Å². The topological polar surface area (TPSA) is 9.23 Å². The fourth-order valence-electron chi connectivity index (χ4n) is 2.82. The SMILES string of the molecule is CCCCCCCCCC[N+](C)(C)COCC(C)CCC.[Cl-]. The first-order valence-electron chi connectivity index (χ1n) is 9.41. The number of quaternary nitrogens is 1. The van der Waals surface area contributed by atoms with E-state index in [4.69, 9.17) is 4.74 Å². The Morgan fingerprint density at radius 3 is 1.91 bits per heavy atom. The van der Waals surface area contributed by atoms with E-state index in [9.17, 15) is 0 Å². The van der Waals surface area contributed by atoms with Crippen molar-refractivity contribution in [3.8, 4) is 0 Å². The molecule has 0 aromatic rings. The molecule has 2 nitrogen and oxygen atoms in total. The average Bonchev–Trinajstić information content (AvgIpc) is 2.42. The standard InChI is InChI=1S/C19H42NO.ClH/c1-6-8-9-10-11-12-13-14-16-20(4,5)18-21-17-19(3)15-7-2;/h19H,6-18H2,1-5H3;1H/q+1;/p-1. The number of nitrogens with zero attached hydrogens (tertiary/aromatic N) is 1. The normalized spacial score (nSPS) is 13.0. The molecule has 0 aromatic heterocycles. The van der Waals surface area contributed by atoms with E-state index in [2.05, 4.69) is 34.9 Å². The zero-order chi connectivity index (χ0) is 16.0. The molecule has 0 aromatic carbocycles. The van der Waals surface area contributed by atoms with Gasteiger partial charge in [-0.2, -0.15) is 0 Å². The van der Waals surface area contributed by atoms with Crippen LogP contribution >= 0.6 is 0 Å². The van der Waals surface area contributed by atoms with Crippen molar-refractivity contribution < 1.29 is 21.6 Å². The van der Waals surface area contributed by atoms with Gasteiger partial charge in [-0.1, -0.05) is 65.7 Å².